The molecule has 0 fully saturated rings. The largest absolute Gasteiger partial charge is 0.377 e. The third-order valence-electron chi connectivity index (χ3n) is 1.97. The van der Waals surface area contributed by atoms with Crippen LogP contribution in [0.1, 0.15) is 22.7 Å². The van der Waals surface area contributed by atoms with Crippen molar-refractivity contribution in [3.8, 4) is 0 Å². The molecule has 0 spiro atoms. The average Bonchev–Trinajstić information content (AvgIpc) is 2.73. The summed E-state index contributed by atoms with van der Waals surface area (Å²) in [7, 11) is 3.43. The van der Waals surface area contributed by atoms with Crippen LogP contribution in [0.2, 0.25) is 0 Å². The molecule has 6 heteroatoms. The lowest BCUT2D eigenvalue weighted by Crippen LogP contribution is -2.26. The van der Waals surface area contributed by atoms with Gasteiger partial charge in [0.25, 0.3) is 5.91 Å². The Morgan fingerprint density at radius 3 is 3.06 bits per heavy atom. The molecule has 0 aliphatic heterocycles. The second kappa shape index (κ2) is 6.97. The van der Waals surface area contributed by atoms with E-state index in [4.69, 9.17) is 9.26 Å². The Morgan fingerprint density at radius 2 is 2.38 bits per heavy atom. The number of aromatic nitrogens is 1. The third-order valence-corrected chi connectivity index (χ3v) is 1.97. The topological polar surface area (TPSA) is 76.4 Å². The Hall–Kier alpha value is -1.40. The van der Waals surface area contributed by atoms with Crippen molar-refractivity contribution in [3.63, 3.8) is 0 Å². The number of nitrogens with one attached hydrogen (secondary N) is 2. The highest BCUT2D eigenvalue weighted by molar-refractivity contribution is 5.92. The highest BCUT2D eigenvalue weighted by Gasteiger charge is 2.11. The minimum Gasteiger partial charge on any atom is -0.377 e. The summed E-state index contributed by atoms with van der Waals surface area (Å²) in [5.74, 6) is 0.324. The van der Waals surface area contributed by atoms with Gasteiger partial charge in [-0.3, -0.25) is 4.79 Å². The molecule has 1 rings (SSSR count). The number of carbonyl (C=O) groups excluding carboxylic acids is 1. The molecule has 0 saturated carbocycles. The molecular weight excluding hydrogens is 210 g/mol. The molecule has 0 atom stereocenters. The molecule has 0 radical (unpaired) electrons. The Labute approximate surface area is 94.3 Å². The van der Waals surface area contributed by atoms with Crippen molar-refractivity contribution in [2.24, 2.45) is 0 Å². The van der Waals surface area contributed by atoms with E-state index in [1.54, 1.807) is 13.2 Å². The van der Waals surface area contributed by atoms with E-state index in [9.17, 15) is 4.79 Å². The Kier molecular flexibility index (Phi) is 5.52. The number of methoxy groups -OCH3 is 1. The van der Waals surface area contributed by atoms with Gasteiger partial charge in [-0.05, 0) is 20.0 Å². The first-order valence-electron chi connectivity index (χ1n) is 5.15. The summed E-state index contributed by atoms with van der Waals surface area (Å²) in [5, 5.41) is 9.40. The van der Waals surface area contributed by atoms with E-state index in [0.29, 0.717) is 18.9 Å². The van der Waals surface area contributed by atoms with Gasteiger partial charge in [0, 0.05) is 19.7 Å². The van der Waals surface area contributed by atoms with E-state index >= 15 is 0 Å². The van der Waals surface area contributed by atoms with E-state index < -0.39 is 0 Å². The Morgan fingerprint density at radius 1 is 1.56 bits per heavy atom. The monoisotopic (exact) mass is 227 g/mol. The van der Waals surface area contributed by atoms with Gasteiger partial charge in [-0.2, -0.15) is 0 Å². The van der Waals surface area contributed by atoms with Crippen molar-refractivity contribution >= 4 is 5.91 Å². The minimum absolute atomic E-state index is 0.220. The highest BCUT2D eigenvalue weighted by Crippen LogP contribution is 2.04. The van der Waals surface area contributed by atoms with Gasteiger partial charge in [-0.15, -0.1) is 0 Å². The van der Waals surface area contributed by atoms with Gasteiger partial charge in [-0.1, -0.05) is 5.16 Å². The summed E-state index contributed by atoms with van der Waals surface area (Å²) in [4.78, 5) is 11.5. The molecule has 1 heterocycles. The van der Waals surface area contributed by atoms with Gasteiger partial charge in [0.1, 0.15) is 6.61 Å². The predicted molar refractivity (Wildman–Crippen MR) is 58.1 cm³/mol. The molecule has 0 unspecified atom stereocenters. The summed E-state index contributed by atoms with van der Waals surface area (Å²) >= 11 is 0. The van der Waals surface area contributed by atoms with Crippen LogP contribution in [0.15, 0.2) is 10.6 Å². The van der Waals surface area contributed by atoms with Gasteiger partial charge < -0.3 is 19.9 Å². The van der Waals surface area contributed by atoms with Crippen LogP contribution in [0.4, 0.5) is 0 Å². The molecule has 1 aromatic rings. The van der Waals surface area contributed by atoms with E-state index in [1.165, 1.54) is 0 Å². The fraction of sp³-hybridized carbons (Fsp3) is 0.600. The number of hydrogen-bond acceptors (Lipinski definition) is 5. The molecule has 6 nitrogen and oxygen atoms in total. The first kappa shape index (κ1) is 12.7. The lowest BCUT2D eigenvalue weighted by molar-refractivity contribution is 0.0943. The van der Waals surface area contributed by atoms with E-state index in [2.05, 4.69) is 15.8 Å². The molecule has 0 aromatic carbocycles. The second-order valence-corrected chi connectivity index (χ2v) is 3.32. The van der Waals surface area contributed by atoms with Gasteiger partial charge in [0.15, 0.2) is 11.5 Å². The van der Waals surface area contributed by atoms with Crippen molar-refractivity contribution in [3.05, 3.63) is 17.5 Å². The van der Waals surface area contributed by atoms with Crippen LogP contribution in [0.25, 0.3) is 0 Å². The molecule has 90 valence electrons. The summed E-state index contributed by atoms with van der Waals surface area (Å²) in [6, 6.07) is 1.58. The molecule has 16 heavy (non-hydrogen) atoms. The third kappa shape index (κ3) is 4.00. The standard InChI is InChI=1S/C10H17N3O3/c1-11-4-3-5-12-10(14)9-6-8(7-15-2)16-13-9/h6,11H,3-5,7H2,1-2H3,(H,12,14). The number of amides is 1. The van der Waals surface area contributed by atoms with Crippen molar-refractivity contribution < 1.29 is 14.1 Å². The lowest BCUT2D eigenvalue weighted by atomic mass is 10.3. The maximum absolute atomic E-state index is 11.5. The SMILES string of the molecule is CNCCCNC(=O)c1cc(COC)on1. The first-order chi connectivity index (χ1) is 7.77. The van der Waals surface area contributed by atoms with E-state index in [1.807, 2.05) is 7.05 Å². The van der Waals surface area contributed by atoms with E-state index in [0.717, 1.165) is 13.0 Å². The number of rotatable bonds is 7. The van der Waals surface area contributed by atoms with Crippen LogP contribution in [0.3, 0.4) is 0 Å². The lowest BCUT2D eigenvalue weighted by Gasteiger charge is -2.01. The average molecular weight is 227 g/mol. The fourth-order valence-corrected chi connectivity index (χ4v) is 1.19. The molecule has 0 aliphatic carbocycles. The van der Waals surface area contributed by atoms with Crippen LogP contribution in [-0.2, 0) is 11.3 Å². The molecule has 2 N–H and O–H groups in total. The molecule has 0 bridgehead atoms. The highest BCUT2D eigenvalue weighted by atomic mass is 16.5. The van der Waals surface area contributed by atoms with E-state index in [-0.39, 0.29) is 11.6 Å². The zero-order valence-corrected chi connectivity index (χ0v) is 9.58. The van der Waals surface area contributed by atoms with Crippen molar-refractivity contribution in [2.45, 2.75) is 13.0 Å². The quantitative estimate of drug-likeness (QED) is 0.649. The number of ether oxygens (including phenoxy) is 1. The maximum atomic E-state index is 11.5. The van der Waals surface area contributed by atoms with Crippen LogP contribution in [-0.4, -0.2) is 38.3 Å². The first-order valence-corrected chi connectivity index (χ1v) is 5.15. The number of hydrogen-bond donors (Lipinski definition) is 2. The maximum Gasteiger partial charge on any atom is 0.273 e. The van der Waals surface area contributed by atoms with Crippen LogP contribution in [0.5, 0.6) is 0 Å². The zero-order valence-electron chi connectivity index (χ0n) is 9.58. The van der Waals surface area contributed by atoms with Gasteiger partial charge in [0.05, 0.1) is 0 Å². The summed E-state index contributed by atoms with van der Waals surface area (Å²) in [6.45, 7) is 1.81. The van der Waals surface area contributed by atoms with Crippen LogP contribution >= 0.6 is 0 Å². The van der Waals surface area contributed by atoms with Crippen molar-refractivity contribution in [2.75, 3.05) is 27.2 Å². The predicted octanol–water partition coefficient (Wildman–Crippen LogP) is 0.160. The summed E-state index contributed by atoms with van der Waals surface area (Å²) in [5.41, 5.74) is 0.288. The Bertz CT molecular complexity index is 325. The minimum atomic E-state index is -0.220. The smallest absolute Gasteiger partial charge is 0.273 e. The number of nitrogens with zero attached hydrogens (tertiary/aromatic N) is 1. The van der Waals surface area contributed by atoms with Crippen molar-refractivity contribution in [1.29, 1.82) is 0 Å². The zero-order chi connectivity index (χ0) is 11.8. The summed E-state index contributed by atoms with van der Waals surface area (Å²) < 4.78 is 9.77. The number of carbonyl (C=O) groups is 1. The molecule has 1 aromatic heterocycles. The van der Waals surface area contributed by atoms with Crippen LogP contribution in [0, 0.1) is 0 Å². The Balaban J connectivity index is 2.34. The van der Waals surface area contributed by atoms with Gasteiger partial charge in [-0.25, -0.2) is 0 Å². The molecule has 1 amide bonds. The molecule has 0 aliphatic rings. The fourth-order valence-electron chi connectivity index (χ4n) is 1.19. The van der Waals surface area contributed by atoms with Crippen LogP contribution < -0.4 is 10.6 Å². The normalized spacial score (nSPS) is 10.4. The summed E-state index contributed by atoms with van der Waals surface area (Å²) in [6.07, 6.45) is 0.880. The van der Waals surface area contributed by atoms with Gasteiger partial charge >= 0.3 is 0 Å². The van der Waals surface area contributed by atoms with Crippen molar-refractivity contribution in [1.82, 2.24) is 15.8 Å². The molecule has 0 saturated heterocycles. The van der Waals surface area contributed by atoms with Gasteiger partial charge in [0.2, 0.25) is 0 Å². The molecular formula is C10H17N3O3. The second-order valence-electron chi connectivity index (χ2n) is 3.32.